The van der Waals surface area contributed by atoms with Crippen LogP contribution in [-0.2, 0) is 4.79 Å². The standard InChI is InChI=1S/C10H19NO2/c1-4-6-8(3)10(13)11-7-9(12)5-2/h6,9,12H,4-5,7H2,1-3H3,(H,11,13)/b8-6-. The number of allylic oxidation sites excluding steroid dienone is 1. The summed E-state index contributed by atoms with van der Waals surface area (Å²) in [6, 6.07) is 0. The molecule has 1 atom stereocenters. The maximum absolute atomic E-state index is 11.3. The summed E-state index contributed by atoms with van der Waals surface area (Å²) in [5, 5.41) is 11.8. The third-order valence-electron chi connectivity index (χ3n) is 1.84. The van der Waals surface area contributed by atoms with Crippen LogP contribution in [0.25, 0.3) is 0 Å². The summed E-state index contributed by atoms with van der Waals surface area (Å²) in [4.78, 5) is 11.3. The number of hydrogen-bond acceptors (Lipinski definition) is 2. The minimum absolute atomic E-state index is 0.0886. The van der Waals surface area contributed by atoms with Crippen molar-refractivity contribution in [2.45, 2.75) is 39.7 Å². The maximum Gasteiger partial charge on any atom is 0.246 e. The molecule has 3 nitrogen and oxygen atoms in total. The number of carbonyl (C=O) groups is 1. The molecule has 0 heterocycles. The van der Waals surface area contributed by atoms with Crippen molar-refractivity contribution in [3.8, 4) is 0 Å². The minimum atomic E-state index is -0.432. The molecule has 0 fully saturated rings. The van der Waals surface area contributed by atoms with Crippen LogP contribution in [-0.4, -0.2) is 23.7 Å². The molecule has 0 saturated heterocycles. The van der Waals surface area contributed by atoms with Gasteiger partial charge in [-0.25, -0.2) is 0 Å². The molecule has 2 N–H and O–H groups in total. The molecule has 1 unspecified atom stereocenters. The van der Waals surface area contributed by atoms with E-state index >= 15 is 0 Å². The topological polar surface area (TPSA) is 49.3 Å². The van der Waals surface area contributed by atoms with Crippen LogP contribution in [0.15, 0.2) is 11.6 Å². The minimum Gasteiger partial charge on any atom is -0.391 e. The van der Waals surface area contributed by atoms with Gasteiger partial charge in [-0.05, 0) is 19.8 Å². The van der Waals surface area contributed by atoms with E-state index < -0.39 is 6.10 Å². The molecule has 1 amide bonds. The van der Waals surface area contributed by atoms with E-state index in [0.717, 1.165) is 6.42 Å². The molecule has 0 radical (unpaired) electrons. The number of carbonyl (C=O) groups excluding carboxylic acids is 1. The lowest BCUT2D eigenvalue weighted by molar-refractivity contribution is -0.117. The van der Waals surface area contributed by atoms with Crippen LogP contribution in [0.2, 0.25) is 0 Å². The van der Waals surface area contributed by atoms with Gasteiger partial charge < -0.3 is 10.4 Å². The fraction of sp³-hybridized carbons (Fsp3) is 0.700. The maximum atomic E-state index is 11.3. The largest absolute Gasteiger partial charge is 0.391 e. The van der Waals surface area contributed by atoms with Crippen molar-refractivity contribution in [3.05, 3.63) is 11.6 Å². The third kappa shape index (κ3) is 5.42. The molecule has 0 aromatic rings. The SMILES string of the molecule is CC/C=C(/C)C(=O)NCC(O)CC. The van der Waals surface area contributed by atoms with Crippen molar-refractivity contribution >= 4 is 5.91 Å². The first-order valence-corrected chi connectivity index (χ1v) is 4.74. The van der Waals surface area contributed by atoms with Crippen molar-refractivity contribution in [3.63, 3.8) is 0 Å². The van der Waals surface area contributed by atoms with Gasteiger partial charge in [0.25, 0.3) is 0 Å². The highest BCUT2D eigenvalue weighted by Crippen LogP contribution is 1.95. The summed E-state index contributed by atoms with van der Waals surface area (Å²) in [5.74, 6) is -0.0886. The van der Waals surface area contributed by atoms with E-state index in [9.17, 15) is 9.90 Å². The molecular weight excluding hydrogens is 166 g/mol. The van der Waals surface area contributed by atoms with E-state index in [4.69, 9.17) is 0 Å². The molecule has 76 valence electrons. The lowest BCUT2D eigenvalue weighted by Gasteiger charge is -2.09. The van der Waals surface area contributed by atoms with Gasteiger partial charge in [-0.2, -0.15) is 0 Å². The molecule has 0 aliphatic heterocycles. The molecule has 13 heavy (non-hydrogen) atoms. The smallest absolute Gasteiger partial charge is 0.246 e. The lowest BCUT2D eigenvalue weighted by atomic mass is 10.2. The summed E-state index contributed by atoms with van der Waals surface area (Å²) in [6.07, 6.45) is 2.96. The van der Waals surface area contributed by atoms with E-state index in [2.05, 4.69) is 5.32 Å². The lowest BCUT2D eigenvalue weighted by Crippen LogP contribution is -2.32. The second kappa shape index (κ2) is 6.66. The van der Waals surface area contributed by atoms with E-state index in [0.29, 0.717) is 18.5 Å². The Morgan fingerprint density at radius 1 is 1.54 bits per heavy atom. The molecule has 0 aliphatic carbocycles. The van der Waals surface area contributed by atoms with Crippen molar-refractivity contribution in [1.29, 1.82) is 0 Å². The number of nitrogens with one attached hydrogen (secondary N) is 1. The van der Waals surface area contributed by atoms with Crippen LogP contribution in [0.5, 0.6) is 0 Å². The van der Waals surface area contributed by atoms with Gasteiger partial charge >= 0.3 is 0 Å². The van der Waals surface area contributed by atoms with Crippen LogP contribution in [0, 0.1) is 0 Å². The first-order chi connectivity index (χ1) is 6.11. The Kier molecular flexibility index (Phi) is 6.24. The summed E-state index contributed by atoms with van der Waals surface area (Å²) < 4.78 is 0. The second-order valence-corrected chi connectivity index (χ2v) is 3.07. The zero-order valence-corrected chi connectivity index (χ0v) is 8.63. The Morgan fingerprint density at radius 2 is 2.15 bits per heavy atom. The molecule has 0 saturated carbocycles. The molecule has 0 aromatic heterocycles. The van der Waals surface area contributed by atoms with Gasteiger partial charge in [0.15, 0.2) is 0 Å². The summed E-state index contributed by atoms with van der Waals surface area (Å²) >= 11 is 0. The van der Waals surface area contributed by atoms with Crippen LogP contribution in [0.1, 0.15) is 33.6 Å². The van der Waals surface area contributed by atoms with Gasteiger partial charge in [0.1, 0.15) is 0 Å². The normalized spacial score (nSPS) is 14.0. The average molecular weight is 185 g/mol. The summed E-state index contributed by atoms with van der Waals surface area (Å²) in [5.41, 5.74) is 0.714. The van der Waals surface area contributed by atoms with E-state index in [1.165, 1.54) is 0 Å². The predicted octanol–water partition coefficient (Wildman–Crippen LogP) is 1.23. The fourth-order valence-corrected chi connectivity index (χ4v) is 0.893. The van der Waals surface area contributed by atoms with Crippen molar-refractivity contribution in [1.82, 2.24) is 5.32 Å². The number of aliphatic hydroxyl groups excluding tert-OH is 1. The third-order valence-corrected chi connectivity index (χ3v) is 1.84. The van der Waals surface area contributed by atoms with Crippen molar-refractivity contribution < 1.29 is 9.90 Å². The molecule has 0 rings (SSSR count). The number of amides is 1. The molecule has 0 aromatic carbocycles. The van der Waals surface area contributed by atoms with Crippen molar-refractivity contribution in [2.24, 2.45) is 0 Å². The van der Waals surface area contributed by atoms with Gasteiger partial charge in [0.2, 0.25) is 5.91 Å². The predicted molar refractivity (Wildman–Crippen MR) is 53.4 cm³/mol. The molecule has 0 aliphatic rings. The first kappa shape index (κ1) is 12.2. The Labute approximate surface area is 79.8 Å². The summed E-state index contributed by atoms with van der Waals surface area (Å²) in [7, 11) is 0. The quantitative estimate of drug-likeness (QED) is 0.633. The number of rotatable bonds is 5. The summed E-state index contributed by atoms with van der Waals surface area (Å²) in [6.45, 7) is 5.98. The first-order valence-electron chi connectivity index (χ1n) is 4.74. The van der Waals surface area contributed by atoms with Gasteiger partial charge in [-0.3, -0.25) is 4.79 Å². The zero-order valence-electron chi connectivity index (χ0n) is 8.63. The highest BCUT2D eigenvalue weighted by atomic mass is 16.3. The molecule has 0 bridgehead atoms. The van der Waals surface area contributed by atoms with Crippen molar-refractivity contribution in [2.75, 3.05) is 6.54 Å². The Bertz CT molecular complexity index is 187. The Hall–Kier alpha value is -0.830. The van der Waals surface area contributed by atoms with Crippen LogP contribution < -0.4 is 5.32 Å². The van der Waals surface area contributed by atoms with E-state index in [-0.39, 0.29) is 5.91 Å². The Morgan fingerprint density at radius 3 is 2.62 bits per heavy atom. The van der Waals surface area contributed by atoms with E-state index in [1.807, 2.05) is 19.9 Å². The number of aliphatic hydroxyl groups is 1. The highest BCUT2D eigenvalue weighted by molar-refractivity contribution is 5.92. The number of hydrogen-bond donors (Lipinski definition) is 2. The molecule has 0 spiro atoms. The van der Waals surface area contributed by atoms with Crippen LogP contribution in [0.3, 0.4) is 0 Å². The second-order valence-electron chi connectivity index (χ2n) is 3.07. The molecule has 3 heteroatoms. The monoisotopic (exact) mass is 185 g/mol. The Balaban J connectivity index is 3.81. The average Bonchev–Trinajstić information content (AvgIpc) is 2.13. The molecular formula is C10H19NO2. The van der Waals surface area contributed by atoms with Gasteiger partial charge in [0.05, 0.1) is 6.10 Å². The van der Waals surface area contributed by atoms with Gasteiger partial charge in [-0.15, -0.1) is 0 Å². The zero-order chi connectivity index (χ0) is 10.3. The van der Waals surface area contributed by atoms with Crippen LogP contribution in [0.4, 0.5) is 0 Å². The van der Waals surface area contributed by atoms with Crippen LogP contribution >= 0.6 is 0 Å². The highest BCUT2D eigenvalue weighted by Gasteiger charge is 2.05. The van der Waals surface area contributed by atoms with E-state index in [1.54, 1.807) is 6.92 Å². The van der Waals surface area contributed by atoms with Gasteiger partial charge in [-0.1, -0.05) is 19.9 Å². The van der Waals surface area contributed by atoms with Gasteiger partial charge in [0, 0.05) is 12.1 Å². The fourth-order valence-electron chi connectivity index (χ4n) is 0.893.